The highest BCUT2D eigenvalue weighted by Crippen LogP contribution is 2.03. The van der Waals surface area contributed by atoms with Gasteiger partial charge in [0.05, 0.1) is 43.0 Å². The van der Waals surface area contributed by atoms with Crippen molar-refractivity contribution in [3.05, 3.63) is 35.9 Å². The number of esters is 1. The highest BCUT2D eigenvalue weighted by atomic mass is 79.9. The van der Waals surface area contributed by atoms with Crippen molar-refractivity contribution in [2.24, 2.45) is 0 Å². The second-order valence-electron chi connectivity index (χ2n) is 6.61. The molecule has 0 heterocycles. The normalized spacial score (nSPS) is 10.0. The van der Waals surface area contributed by atoms with E-state index < -0.39 is 17.8 Å². The van der Waals surface area contributed by atoms with E-state index >= 15 is 0 Å². The Labute approximate surface area is 210 Å². The molecule has 11 nitrogen and oxygen atoms in total. The van der Waals surface area contributed by atoms with Crippen LogP contribution in [0.2, 0.25) is 0 Å². The zero-order valence-electron chi connectivity index (χ0n) is 18.4. The number of carbonyl (C=O) groups is 5. The highest BCUT2D eigenvalue weighted by molar-refractivity contribution is 9.09. The number of amides is 3. The van der Waals surface area contributed by atoms with E-state index in [0.717, 1.165) is 0 Å². The molecule has 3 amide bonds. The predicted octanol–water partition coefficient (Wildman–Crippen LogP) is -0.520. The minimum atomic E-state index is -0.661. The molecule has 0 aliphatic heterocycles. The molecule has 0 aliphatic rings. The van der Waals surface area contributed by atoms with Crippen LogP contribution < -0.4 is 21.3 Å². The Kier molecular flexibility index (Phi) is 15.0. The number of ketones is 1. The largest absolute Gasteiger partial charge is 0.462 e. The molecule has 0 aliphatic carbocycles. The molecule has 0 saturated carbocycles. The summed E-state index contributed by atoms with van der Waals surface area (Å²) in [5.41, 5.74) is 0.523. The van der Waals surface area contributed by atoms with Crippen molar-refractivity contribution in [1.29, 1.82) is 0 Å². The fraction of sp³-hybridized carbons (Fsp3) is 0.429. The number of hydrogen-bond acceptors (Lipinski definition) is 8. The summed E-state index contributed by atoms with van der Waals surface area (Å²) in [6.45, 7) is -0.145. The van der Waals surface area contributed by atoms with E-state index in [9.17, 15) is 24.0 Å². The van der Waals surface area contributed by atoms with Crippen LogP contribution >= 0.6 is 28.1 Å². The van der Waals surface area contributed by atoms with Crippen LogP contribution in [0.25, 0.3) is 0 Å². The summed E-state index contributed by atoms with van der Waals surface area (Å²) in [5, 5.41) is 10.2. The van der Waals surface area contributed by atoms with E-state index in [0.29, 0.717) is 12.1 Å². The van der Waals surface area contributed by atoms with Gasteiger partial charge in [-0.25, -0.2) is 0 Å². The third-order valence-electron chi connectivity index (χ3n) is 3.92. The van der Waals surface area contributed by atoms with E-state index in [2.05, 4.69) is 37.2 Å². The minimum absolute atomic E-state index is 0.00378. The summed E-state index contributed by atoms with van der Waals surface area (Å²) in [5.74, 6) is -2.07. The maximum Gasteiger partial charge on any atom is 0.325 e. The van der Waals surface area contributed by atoms with Crippen LogP contribution in [-0.4, -0.2) is 85.8 Å². The van der Waals surface area contributed by atoms with Gasteiger partial charge >= 0.3 is 5.97 Å². The molecule has 1 rings (SSSR count). The second-order valence-corrected chi connectivity index (χ2v) is 7.67. The number of halogens is 1. The van der Waals surface area contributed by atoms with Crippen molar-refractivity contribution < 1.29 is 33.4 Å². The fourth-order valence-corrected chi connectivity index (χ4v) is 2.67. The van der Waals surface area contributed by atoms with E-state index in [4.69, 9.17) is 21.7 Å². The maximum atomic E-state index is 12.1. The number of hydrogen-bond donors (Lipinski definition) is 4. The van der Waals surface area contributed by atoms with Crippen LogP contribution in [0.1, 0.15) is 16.8 Å². The highest BCUT2D eigenvalue weighted by Gasteiger charge is 2.11. The smallest absolute Gasteiger partial charge is 0.325 e. The molecule has 4 N–H and O–H groups in total. The van der Waals surface area contributed by atoms with E-state index in [1.165, 1.54) is 0 Å². The van der Waals surface area contributed by atoms with Gasteiger partial charge in [-0.2, -0.15) is 0 Å². The number of Topliss-reactive ketones (excluding diaryl/α,β-unsaturated/α-hetero) is 1. The lowest BCUT2D eigenvalue weighted by Crippen LogP contribution is -2.43. The van der Waals surface area contributed by atoms with Crippen molar-refractivity contribution in [3.63, 3.8) is 0 Å². The molecule has 0 unspecified atom stereocenters. The van der Waals surface area contributed by atoms with Crippen molar-refractivity contribution in [2.75, 3.05) is 51.3 Å². The number of nitrogens with one attached hydrogen (secondary N) is 4. The number of ether oxygens (including phenoxy) is 2. The van der Waals surface area contributed by atoms with Gasteiger partial charge in [0.2, 0.25) is 17.7 Å². The van der Waals surface area contributed by atoms with Gasteiger partial charge in [0, 0.05) is 12.1 Å². The summed E-state index contributed by atoms with van der Waals surface area (Å²) < 4.78 is 10.1. The number of alkyl halides is 1. The Hall–Kier alpha value is -2.90. The molecular weight excluding hydrogens is 532 g/mol. The fourth-order valence-electron chi connectivity index (χ4n) is 2.27. The lowest BCUT2D eigenvalue weighted by Gasteiger charge is -2.09. The number of thiocarbonyl (C=S) groups is 1. The van der Waals surface area contributed by atoms with Crippen LogP contribution in [0, 0.1) is 0 Å². The standard InChI is InChI=1S/C21H27BrN4O7S/c22-11-17(28)23-6-7-32-8-9-33-21(31)14-25-18(29)12-24-19(30)13-26-20(34)10-16(27)15-4-2-1-3-5-15/h1-5H,6-14H2,(H,23,28)(H,24,30)(H,25,29)(H,26,34). The number of carbonyl (C=O) groups excluding carboxylic acids is 5. The van der Waals surface area contributed by atoms with Crippen molar-refractivity contribution in [1.82, 2.24) is 21.3 Å². The average molecular weight is 559 g/mol. The first-order valence-corrected chi connectivity index (χ1v) is 11.8. The molecule has 0 fully saturated rings. The molecule has 34 heavy (non-hydrogen) atoms. The van der Waals surface area contributed by atoms with Gasteiger partial charge in [-0.05, 0) is 0 Å². The molecule has 0 saturated heterocycles. The molecule has 0 bridgehead atoms. The SMILES string of the molecule is O=C(CBr)NCCOCCOC(=O)CNC(=O)CNC(=O)CNC(=S)CC(=O)c1ccccc1. The molecule has 13 heteroatoms. The van der Waals surface area contributed by atoms with Gasteiger partial charge in [-0.1, -0.05) is 58.5 Å². The van der Waals surface area contributed by atoms with Crippen molar-refractivity contribution in [2.45, 2.75) is 6.42 Å². The Morgan fingerprint density at radius 1 is 0.794 bits per heavy atom. The van der Waals surface area contributed by atoms with Crippen LogP contribution in [0.5, 0.6) is 0 Å². The number of benzene rings is 1. The van der Waals surface area contributed by atoms with Gasteiger partial charge in [0.25, 0.3) is 0 Å². The van der Waals surface area contributed by atoms with Crippen molar-refractivity contribution in [3.8, 4) is 0 Å². The van der Waals surface area contributed by atoms with E-state index in [1.807, 2.05) is 0 Å². The van der Waals surface area contributed by atoms with Crippen LogP contribution in [-0.2, 0) is 28.7 Å². The second kappa shape index (κ2) is 17.6. The lowest BCUT2D eigenvalue weighted by molar-refractivity contribution is -0.145. The zero-order chi connectivity index (χ0) is 25.2. The van der Waals surface area contributed by atoms with Gasteiger partial charge in [-0.15, -0.1) is 0 Å². The molecule has 0 atom stereocenters. The molecule has 0 aromatic heterocycles. The topological polar surface area (TPSA) is 152 Å². The minimum Gasteiger partial charge on any atom is -0.462 e. The van der Waals surface area contributed by atoms with Gasteiger partial charge in [0.1, 0.15) is 13.2 Å². The van der Waals surface area contributed by atoms with Crippen LogP contribution in [0.15, 0.2) is 30.3 Å². The molecule has 1 aromatic carbocycles. The summed E-state index contributed by atoms with van der Waals surface area (Å²) >= 11 is 8.08. The van der Waals surface area contributed by atoms with Crippen LogP contribution in [0.4, 0.5) is 0 Å². The average Bonchev–Trinajstić information content (AvgIpc) is 2.84. The third kappa shape index (κ3) is 14.3. The Bertz CT molecular complexity index is 855. The third-order valence-corrected chi connectivity index (χ3v) is 4.72. The summed E-state index contributed by atoms with van der Waals surface area (Å²) in [4.78, 5) is 58.4. The summed E-state index contributed by atoms with van der Waals surface area (Å²) in [7, 11) is 0. The molecule has 0 spiro atoms. The predicted molar refractivity (Wildman–Crippen MR) is 131 cm³/mol. The first-order chi connectivity index (χ1) is 16.3. The molecular formula is C21H27BrN4O7S. The molecule has 0 radical (unpaired) electrons. The lowest BCUT2D eigenvalue weighted by atomic mass is 10.1. The van der Waals surface area contributed by atoms with Gasteiger partial charge in [0.15, 0.2) is 5.78 Å². The van der Waals surface area contributed by atoms with Crippen molar-refractivity contribution >= 4 is 62.6 Å². The maximum absolute atomic E-state index is 12.1. The molecule has 1 aromatic rings. The number of rotatable bonds is 16. The Balaban J connectivity index is 2.06. The Morgan fingerprint density at radius 2 is 1.44 bits per heavy atom. The molecule has 186 valence electrons. The van der Waals surface area contributed by atoms with E-state index in [-0.39, 0.29) is 67.9 Å². The summed E-state index contributed by atoms with van der Waals surface area (Å²) in [6, 6.07) is 8.64. The first kappa shape index (κ1) is 29.1. The quantitative estimate of drug-likeness (QED) is 0.0690. The zero-order valence-corrected chi connectivity index (χ0v) is 20.8. The van der Waals surface area contributed by atoms with Gasteiger partial charge < -0.3 is 30.7 Å². The monoisotopic (exact) mass is 558 g/mol. The Morgan fingerprint density at radius 3 is 2.12 bits per heavy atom. The van der Waals surface area contributed by atoms with Crippen LogP contribution in [0.3, 0.4) is 0 Å². The summed E-state index contributed by atoms with van der Waals surface area (Å²) in [6.07, 6.45) is -0.0338. The first-order valence-electron chi connectivity index (χ1n) is 10.3. The van der Waals surface area contributed by atoms with Gasteiger partial charge in [-0.3, -0.25) is 24.0 Å². The van der Waals surface area contributed by atoms with E-state index in [1.54, 1.807) is 30.3 Å².